The summed E-state index contributed by atoms with van der Waals surface area (Å²) in [7, 11) is 1.63. The van der Waals surface area contributed by atoms with E-state index in [1.165, 1.54) is 4.90 Å². The Kier molecular flexibility index (Phi) is 5.76. The van der Waals surface area contributed by atoms with Crippen LogP contribution in [0, 0.1) is 6.92 Å². The molecule has 138 valence electrons. The molecule has 1 heterocycles. The number of carbonyl (C=O) groups is 2. The lowest BCUT2D eigenvalue weighted by atomic mass is 10.1. The van der Waals surface area contributed by atoms with Gasteiger partial charge in [0.2, 0.25) is 5.91 Å². The van der Waals surface area contributed by atoms with Gasteiger partial charge in [-0.1, -0.05) is 30.3 Å². The minimum atomic E-state index is -0.234. The molecule has 5 nitrogen and oxygen atoms in total. The first-order chi connectivity index (χ1) is 13.0. The number of nitrogens with one attached hydrogen (secondary N) is 1. The van der Waals surface area contributed by atoms with Crippen molar-refractivity contribution in [2.45, 2.75) is 11.8 Å². The zero-order chi connectivity index (χ0) is 19.4. The summed E-state index contributed by atoms with van der Waals surface area (Å²) < 4.78 is 0. The molecule has 2 amide bonds. The number of nitrogens with zero attached hydrogens (tertiary/aromatic N) is 2. The number of thioether (sulfide) groups is 1. The first-order valence-electron chi connectivity index (χ1n) is 8.54. The van der Waals surface area contributed by atoms with Crippen molar-refractivity contribution in [2.24, 2.45) is 0 Å². The van der Waals surface area contributed by atoms with Crippen LogP contribution in [-0.2, 0) is 4.79 Å². The Morgan fingerprint density at radius 3 is 2.59 bits per heavy atom. The second-order valence-corrected chi connectivity index (χ2v) is 7.09. The van der Waals surface area contributed by atoms with Crippen LogP contribution in [-0.4, -0.2) is 41.5 Å². The van der Waals surface area contributed by atoms with Gasteiger partial charge < -0.3 is 10.2 Å². The maximum atomic E-state index is 12.9. The number of anilines is 1. The van der Waals surface area contributed by atoms with Crippen molar-refractivity contribution in [3.63, 3.8) is 0 Å². The summed E-state index contributed by atoms with van der Waals surface area (Å²) in [6, 6.07) is 16.9. The number of carbonyl (C=O) groups excluding carboxylic acids is 2. The van der Waals surface area contributed by atoms with Gasteiger partial charge in [0.25, 0.3) is 5.91 Å². The SMILES string of the molecule is CSc1ccccc1NC(=O)CN(C)C(=O)c1cc(C)nc2ccccc12. The lowest BCUT2D eigenvalue weighted by molar-refractivity contribution is -0.116. The van der Waals surface area contributed by atoms with Crippen LogP contribution in [0.5, 0.6) is 0 Å². The van der Waals surface area contributed by atoms with E-state index < -0.39 is 0 Å². The van der Waals surface area contributed by atoms with E-state index in [1.807, 2.05) is 61.7 Å². The molecule has 0 bridgehead atoms. The van der Waals surface area contributed by atoms with Gasteiger partial charge in [-0.25, -0.2) is 0 Å². The third kappa shape index (κ3) is 4.28. The minimum absolute atomic E-state index is 0.0305. The summed E-state index contributed by atoms with van der Waals surface area (Å²) in [6.45, 7) is 1.83. The van der Waals surface area contributed by atoms with Crippen LogP contribution >= 0.6 is 11.8 Å². The number of hydrogen-bond acceptors (Lipinski definition) is 4. The highest BCUT2D eigenvalue weighted by Crippen LogP contribution is 2.24. The van der Waals surface area contributed by atoms with E-state index in [0.29, 0.717) is 5.56 Å². The van der Waals surface area contributed by atoms with E-state index in [0.717, 1.165) is 27.2 Å². The largest absolute Gasteiger partial charge is 0.332 e. The second-order valence-electron chi connectivity index (χ2n) is 6.24. The lowest BCUT2D eigenvalue weighted by Crippen LogP contribution is -2.35. The Labute approximate surface area is 162 Å². The highest BCUT2D eigenvalue weighted by molar-refractivity contribution is 7.98. The number of likely N-dealkylation sites (N-methyl/N-ethyl adjacent to an activating group) is 1. The Morgan fingerprint density at radius 2 is 1.81 bits per heavy atom. The Morgan fingerprint density at radius 1 is 1.11 bits per heavy atom. The van der Waals surface area contributed by atoms with Crippen molar-refractivity contribution in [3.8, 4) is 0 Å². The Bertz CT molecular complexity index is 1000. The topological polar surface area (TPSA) is 62.3 Å². The Hall–Kier alpha value is -2.86. The van der Waals surface area contributed by atoms with Gasteiger partial charge in [0, 0.05) is 23.0 Å². The normalized spacial score (nSPS) is 10.6. The van der Waals surface area contributed by atoms with E-state index in [1.54, 1.807) is 24.9 Å². The molecule has 1 N–H and O–H groups in total. The van der Waals surface area contributed by atoms with E-state index in [-0.39, 0.29) is 18.4 Å². The summed E-state index contributed by atoms with van der Waals surface area (Å²) in [5.41, 5.74) is 2.84. The molecular weight excluding hydrogens is 358 g/mol. The van der Waals surface area contributed by atoms with Gasteiger partial charge in [-0.3, -0.25) is 14.6 Å². The van der Waals surface area contributed by atoms with Crippen LogP contribution < -0.4 is 5.32 Å². The number of aromatic nitrogens is 1. The van der Waals surface area contributed by atoms with Crippen molar-refractivity contribution in [3.05, 3.63) is 65.9 Å². The van der Waals surface area contributed by atoms with Crippen molar-refractivity contribution < 1.29 is 9.59 Å². The molecule has 0 atom stereocenters. The van der Waals surface area contributed by atoms with Crippen LogP contribution in [0.1, 0.15) is 16.1 Å². The Balaban J connectivity index is 1.77. The number of pyridine rings is 1. The van der Waals surface area contributed by atoms with E-state index in [4.69, 9.17) is 0 Å². The van der Waals surface area contributed by atoms with E-state index in [9.17, 15) is 9.59 Å². The molecule has 0 radical (unpaired) electrons. The zero-order valence-corrected chi connectivity index (χ0v) is 16.3. The number of benzene rings is 2. The predicted molar refractivity (Wildman–Crippen MR) is 110 cm³/mol. The number of aryl methyl sites for hydroxylation is 1. The van der Waals surface area contributed by atoms with Gasteiger partial charge in [0.05, 0.1) is 23.3 Å². The highest BCUT2D eigenvalue weighted by Gasteiger charge is 2.18. The average molecular weight is 379 g/mol. The van der Waals surface area contributed by atoms with Crippen molar-refractivity contribution in [1.29, 1.82) is 0 Å². The molecule has 6 heteroatoms. The van der Waals surface area contributed by atoms with Gasteiger partial charge >= 0.3 is 0 Å². The summed E-state index contributed by atoms with van der Waals surface area (Å²) >= 11 is 1.56. The second kappa shape index (κ2) is 8.22. The van der Waals surface area contributed by atoms with Crippen LogP contribution in [0.2, 0.25) is 0 Å². The number of fused-ring (bicyclic) bond motifs is 1. The van der Waals surface area contributed by atoms with Gasteiger partial charge in [-0.15, -0.1) is 11.8 Å². The van der Waals surface area contributed by atoms with E-state index >= 15 is 0 Å². The van der Waals surface area contributed by atoms with E-state index in [2.05, 4.69) is 10.3 Å². The van der Waals surface area contributed by atoms with Crippen LogP contribution in [0.4, 0.5) is 5.69 Å². The number of rotatable bonds is 5. The summed E-state index contributed by atoms with van der Waals surface area (Å²) in [5, 5.41) is 3.67. The fraction of sp³-hybridized carbons (Fsp3) is 0.190. The average Bonchev–Trinajstić information content (AvgIpc) is 2.67. The molecule has 0 fully saturated rings. The first kappa shape index (κ1) is 18.9. The molecule has 1 aromatic heterocycles. The zero-order valence-electron chi connectivity index (χ0n) is 15.5. The molecule has 0 spiro atoms. The number of hydrogen-bond donors (Lipinski definition) is 1. The number of para-hydroxylation sites is 2. The first-order valence-corrected chi connectivity index (χ1v) is 9.77. The van der Waals surface area contributed by atoms with Crippen LogP contribution in [0.3, 0.4) is 0 Å². The monoisotopic (exact) mass is 379 g/mol. The predicted octanol–water partition coefficient (Wildman–Crippen LogP) is 3.98. The molecule has 3 rings (SSSR count). The molecule has 27 heavy (non-hydrogen) atoms. The third-order valence-electron chi connectivity index (χ3n) is 4.18. The van der Waals surface area contributed by atoms with Gasteiger partial charge in [0.15, 0.2) is 0 Å². The van der Waals surface area contributed by atoms with Crippen LogP contribution in [0.25, 0.3) is 10.9 Å². The molecule has 3 aromatic rings. The van der Waals surface area contributed by atoms with Crippen molar-refractivity contribution >= 4 is 40.2 Å². The molecule has 0 aliphatic carbocycles. The smallest absolute Gasteiger partial charge is 0.254 e. The standard InChI is InChI=1S/C21H21N3O2S/c1-14-12-16(15-8-4-5-9-17(15)22-14)21(26)24(2)13-20(25)23-18-10-6-7-11-19(18)27-3/h4-12H,13H2,1-3H3,(H,23,25). The highest BCUT2D eigenvalue weighted by atomic mass is 32.2. The van der Waals surface area contributed by atoms with Crippen molar-refractivity contribution in [2.75, 3.05) is 25.2 Å². The molecule has 0 aliphatic heterocycles. The maximum Gasteiger partial charge on any atom is 0.254 e. The van der Waals surface area contributed by atoms with Gasteiger partial charge in [0.1, 0.15) is 0 Å². The van der Waals surface area contributed by atoms with Gasteiger partial charge in [-0.05, 0) is 37.4 Å². The molecule has 0 saturated heterocycles. The fourth-order valence-corrected chi connectivity index (χ4v) is 3.47. The number of amides is 2. The minimum Gasteiger partial charge on any atom is -0.332 e. The van der Waals surface area contributed by atoms with Gasteiger partial charge in [-0.2, -0.15) is 0 Å². The maximum absolute atomic E-state index is 12.9. The molecule has 0 unspecified atom stereocenters. The summed E-state index contributed by atoms with van der Waals surface area (Å²) in [6.07, 6.45) is 1.96. The molecular formula is C21H21N3O2S. The third-order valence-corrected chi connectivity index (χ3v) is 4.98. The lowest BCUT2D eigenvalue weighted by Gasteiger charge is -2.18. The fourth-order valence-electron chi connectivity index (χ4n) is 2.92. The molecule has 0 aliphatic rings. The quantitative estimate of drug-likeness (QED) is 0.681. The van der Waals surface area contributed by atoms with Crippen molar-refractivity contribution in [1.82, 2.24) is 9.88 Å². The summed E-state index contributed by atoms with van der Waals surface area (Å²) in [4.78, 5) is 32.2. The molecule has 2 aromatic carbocycles. The summed E-state index contributed by atoms with van der Waals surface area (Å²) in [5.74, 6) is -0.438. The van der Waals surface area contributed by atoms with Crippen LogP contribution in [0.15, 0.2) is 59.5 Å². The molecule has 0 saturated carbocycles.